The van der Waals surface area contributed by atoms with Gasteiger partial charge in [-0.15, -0.1) is 0 Å². The average Bonchev–Trinajstić information content (AvgIpc) is 2.68. The van der Waals surface area contributed by atoms with E-state index in [4.69, 9.17) is 0 Å². The smallest absolute Gasteiger partial charge is 0.242 e. The van der Waals surface area contributed by atoms with Crippen molar-refractivity contribution in [1.82, 2.24) is 4.31 Å². The summed E-state index contributed by atoms with van der Waals surface area (Å²) in [5, 5.41) is 4.97. The van der Waals surface area contributed by atoms with Crippen molar-refractivity contribution in [2.75, 3.05) is 18.9 Å². The SMILES string of the molecule is Cc1ccc(S(=O)(=O)N(C)CCCC(=O)Nc2cccc3ccccc23)cc1. The van der Waals surface area contributed by atoms with E-state index in [1.807, 2.05) is 49.4 Å². The zero-order valence-corrected chi connectivity index (χ0v) is 16.9. The lowest BCUT2D eigenvalue weighted by molar-refractivity contribution is -0.116. The van der Waals surface area contributed by atoms with Crippen molar-refractivity contribution >= 4 is 32.4 Å². The molecule has 3 rings (SSSR count). The molecule has 3 aromatic carbocycles. The Labute approximate surface area is 166 Å². The number of nitrogens with one attached hydrogen (secondary N) is 1. The summed E-state index contributed by atoms with van der Waals surface area (Å²) in [4.78, 5) is 12.6. The fourth-order valence-corrected chi connectivity index (χ4v) is 4.23. The molecule has 0 saturated heterocycles. The van der Waals surface area contributed by atoms with Crippen LogP contribution in [-0.4, -0.2) is 32.2 Å². The normalized spacial score (nSPS) is 11.7. The topological polar surface area (TPSA) is 66.5 Å². The Balaban J connectivity index is 1.57. The number of carbonyl (C=O) groups is 1. The molecule has 0 unspecified atom stereocenters. The Morgan fingerprint density at radius 2 is 1.64 bits per heavy atom. The third-order valence-electron chi connectivity index (χ3n) is 4.67. The molecule has 1 amide bonds. The number of rotatable bonds is 7. The second kappa shape index (κ2) is 8.54. The molecule has 28 heavy (non-hydrogen) atoms. The van der Waals surface area contributed by atoms with Gasteiger partial charge >= 0.3 is 0 Å². The predicted octanol–water partition coefficient (Wildman–Crippen LogP) is 4.19. The molecular weight excluding hydrogens is 372 g/mol. The summed E-state index contributed by atoms with van der Waals surface area (Å²) in [5.41, 5.74) is 1.77. The van der Waals surface area contributed by atoms with Gasteiger partial charge in [-0.25, -0.2) is 12.7 Å². The van der Waals surface area contributed by atoms with Crippen molar-refractivity contribution in [3.63, 3.8) is 0 Å². The van der Waals surface area contributed by atoms with E-state index in [2.05, 4.69) is 5.32 Å². The molecule has 0 heterocycles. The minimum absolute atomic E-state index is 0.127. The Bertz CT molecular complexity index is 1070. The van der Waals surface area contributed by atoms with Crippen LogP contribution in [0.15, 0.2) is 71.6 Å². The first-order valence-corrected chi connectivity index (χ1v) is 10.6. The number of hydrogen-bond donors (Lipinski definition) is 1. The number of nitrogens with zero attached hydrogens (tertiary/aromatic N) is 1. The van der Waals surface area contributed by atoms with Crippen LogP contribution in [0.4, 0.5) is 5.69 Å². The molecule has 0 fully saturated rings. The van der Waals surface area contributed by atoms with Crippen molar-refractivity contribution < 1.29 is 13.2 Å². The maximum atomic E-state index is 12.6. The van der Waals surface area contributed by atoms with Crippen LogP contribution in [0.2, 0.25) is 0 Å². The van der Waals surface area contributed by atoms with Crippen LogP contribution in [0.25, 0.3) is 10.8 Å². The first-order valence-electron chi connectivity index (χ1n) is 9.18. The Hall–Kier alpha value is -2.70. The van der Waals surface area contributed by atoms with Crippen LogP contribution in [0.3, 0.4) is 0 Å². The predicted molar refractivity (Wildman–Crippen MR) is 113 cm³/mol. The lowest BCUT2D eigenvalue weighted by Gasteiger charge is -2.17. The van der Waals surface area contributed by atoms with E-state index in [-0.39, 0.29) is 23.8 Å². The molecule has 0 saturated carbocycles. The van der Waals surface area contributed by atoms with Crippen LogP contribution in [0.1, 0.15) is 18.4 Å². The second-order valence-electron chi connectivity index (χ2n) is 6.82. The summed E-state index contributed by atoms with van der Waals surface area (Å²) in [7, 11) is -2.00. The minimum Gasteiger partial charge on any atom is -0.326 e. The van der Waals surface area contributed by atoms with Gasteiger partial charge in [0, 0.05) is 31.1 Å². The number of anilines is 1. The molecule has 6 heteroatoms. The zero-order valence-electron chi connectivity index (χ0n) is 16.1. The van der Waals surface area contributed by atoms with Crippen LogP contribution < -0.4 is 5.32 Å². The minimum atomic E-state index is -3.54. The fourth-order valence-electron chi connectivity index (χ4n) is 3.02. The van der Waals surface area contributed by atoms with E-state index in [1.165, 1.54) is 11.4 Å². The number of benzene rings is 3. The Kier molecular flexibility index (Phi) is 6.11. The maximum absolute atomic E-state index is 12.6. The molecule has 3 aromatic rings. The summed E-state index contributed by atoms with van der Waals surface area (Å²) in [5.74, 6) is -0.127. The van der Waals surface area contributed by atoms with Gasteiger partial charge in [0.1, 0.15) is 0 Å². The quantitative estimate of drug-likeness (QED) is 0.651. The summed E-state index contributed by atoms with van der Waals surface area (Å²) >= 11 is 0. The maximum Gasteiger partial charge on any atom is 0.242 e. The zero-order chi connectivity index (χ0) is 20.1. The number of carbonyl (C=O) groups excluding carboxylic acids is 1. The standard InChI is InChI=1S/C22H24N2O3S/c1-17-12-14-19(15-13-17)28(26,27)24(2)16-6-11-22(25)23-21-10-5-8-18-7-3-4-9-20(18)21/h3-5,7-10,12-15H,6,11,16H2,1-2H3,(H,23,25). The van der Waals surface area contributed by atoms with Crippen molar-refractivity contribution in [3.8, 4) is 0 Å². The lowest BCUT2D eigenvalue weighted by Crippen LogP contribution is -2.28. The van der Waals surface area contributed by atoms with Gasteiger partial charge in [-0.2, -0.15) is 0 Å². The Morgan fingerprint density at radius 1 is 0.964 bits per heavy atom. The van der Waals surface area contributed by atoms with Crippen LogP contribution in [0, 0.1) is 6.92 Å². The van der Waals surface area contributed by atoms with Crippen molar-refractivity contribution in [2.24, 2.45) is 0 Å². The van der Waals surface area contributed by atoms with E-state index in [0.29, 0.717) is 6.42 Å². The summed E-state index contributed by atoms with van der Waals surface area (Å²) in [6.07, 6.45) is 0.690. The molecule has 0 aliphatic rings. The van der Waals surface area contributed by atoms with Gasteiger partial charge in [-0.1, -0.05) is 54.1 Å². The monoisotopic (exact) mass is 396 g/mol. The van der Waals surface area contributed by atoms with Crippen LogP contribution in [-0.2, 0) is 14.8 Å². The molecule has 5 nitrogen and oxygen atoms in total. The van der Waals surface area contributed by atoms with Gasteiger partial charge in [-0.05, 0) is 36.9 Å². The van der Waals surface area contributed by atoms with Gasteiger partial charge in [0.05, 0.1) is 4.90 Å². The van der Waals surface area contributed by atoms with E-state index in [0.717, 1.165) is 22.0 Å². The summed E-state index contributed by atoms with van der Waals surface area (Å²) in [6, 6.07) is 20.4. The number of hydrogen-bond acceptors (Lipinski definition) is 3. The number of sulfonamides is 1. The molecule has 0 aliphatic heterocycles. The average molecular weight is 397 g/mol. The molecule has 1 N–H and O–H groups in total. The molecule has 0 atom stereocenters. The van der Waals surface area contributed by atoms with Crippen molar-refractivity contribution in [1.29, 1.82) is 0 Å². The number of aryl methyl sites for hydroxylation is 1. The lowest BCUT2D eigenvalue weighted by atomic mass is 10.1. The van der Waals surface area contributed by atoms with Gasteiger partial charge in [0.25, 0.3) is 0 Å². The van der Waals surface area contributed by atoms with Crippen LogP contribution >= 0.6 is 0 Å². The first kappa shape index (κ1) is 20.0. The van der Waals surface area contributed by atoms with E-state index < -0.39 is 10.0 Å². The molecular formula is C22H24N2O3S. The highest BCUT2D eigenvalue weighted by Crippen LogP contribution is 2.23. The second-order valence-corrected chi connectivity index (χ2v) is 8.86. The highest BCUT2D eigenvalue weighted by atomic mass is 32.2. The van der Waals surface area contributed by atoms with E-state index in [9.17, 15) is 13.2 Å². The van der Waals surface area contributed by atoms with Crippen molar-refractivity contribution in [2.45, 2.75) is 24.7 Å². The Morgan fingerprint density at radius 3 is 2.39 bits per heavy atom. The number of fused-ring (bicyclic) bond motifs is 1. The molecule has 0 aromatic heterocycles. The molecule has 0 bridgehead atoms. The van der Waals surface area contributed by atoms with Crippen molar-refractivity contribution in [3.05, 3.63) is 72.3 Å². The molecule has 0 aliphatic carbocycles. The fraction of sp³-hybridized carbons (Fsp3) is 0.227. The van der Waals surface area contributed by atoms with Gasteiger partial charge in [0.2, 0.25) is 15.9 Å². The third-order valence-corrected chi connectivity index (χ3v) is 6.54. The third kappa shape index (κ3) is 4.58. The molecule has 0 spiro atoms. The van der Waals surface area contributed by atoms with E-state index >= 15 is 0 Å². The summed E-state index contributed by atoms with van der Waals surface area (Å²) in [6.45, 7) is 2.19. The number of amides is 1. The summed E-state index contributed by atoms with van der Waals surface area (Å²) < 4.78 is 26.5. The van der Waals surface area contributed by atoms with Gasteiger partial charge < -0.3 is 5.32 Å². The first-order chi connectivity index (χ1) is 13.4. The van der Waals surface area contributed by atoms with E-state index in [1.54, 1.807) is 24.3 Å². The highest BCUT2D eigenvalue weighted by Gasteiger charge is 2.20. The van der Waals surface area contributed by atoms with Crippen LogP contribution in [0.5, 0.6) is 0 Å². The van der Waals surface area contributed by atoms with Gasteiger partial charge in [0.15, 0.2) is 0 Å². The molecule has 0 radical (unpaired) electrons. The van der Waals surface area contributed by atoms with Gasteiger partial charge in [-0.3, -0.25) is 4.79 Å². The highest BCUT2D eigenvalue weighted by molar-refractivity contribution is 7.89. The molecule has 146 valence electrons. The largest absolute Gasteiger partial charge is 0.326 e.